The molecule has 2 unspecified atom stereocenters. The van der Waals surface area contributed by atoms with Crippen LogP contribution in [0, 0.1) is 0 Å². The highest BCUT2D eigenvalue weighted by molar-refractivity contribution is 5.78. The van der Waals surface area contributed by atoms with Crippen molar-refractivity contribution >= 4 is 11.7 Å². The van der Waals surface area contributed by atoms with Crippen LogP contribution in [-0.4, -0.2) is 42.0 Å². The number of likely N-dealkylation sites (N-methyl/N-ethyl adjacent to an activating group) is 1. The van der Waals surface area contributed by atoms with Gasteiger partial charge in [-0.1, -0.05) is 25.5 Å². The quantitative estimate of drug-likeness (QED) is 0.374. The molecule has 0 aromatic rings. The summed E-state index contributed by atoms with van der Waals surface area (Å²) < 4.78 is 0.843. The molecule has 0 saturated carbocycles. The summed E-state index contributed by atoms with van der Waals surface area (Å²) in [5.74, 6) is 1.33. The summed E-state index contributed by atoms with van der Waals surface area (Å²) in [7, 11) is 0. The molecule has 1 aliphatic rings. The Bertz CT molecular complexity index is 403. The van der Waals surface area contributed by atoms with Crippen LogP contribution < -0.4 is 5.32 Å². The van der Waals surface area contributed by atoms with Gasteiger partial charge in [-0.25, -0.2) is 4.99 Å². The first-order valence-electron chi connectivity index (χ1n) is 8.89. The molecule has 4 heteroatoms. The number of nitrogens with one attached hydrogen (secondary N) is 1. The Morgan fingerprint density at radius 3 is 2.73 bits per heavy atom. The monoisotopic (exact) mass is 308 g/mol. The normalized spacial score (nSPS) is 22.8. The Labute approximate surface area is 136 Å². The van der Waals surface area contributed by atoms with Crippen LogP contribution in [0.5, 0.6) is 0 Å². The van der Waals surface area contributed by atoms with Crippen molar-refractivity contribution in [2.45, 2.75) is 72.4 Å². The van der Waals surface area contributed by atoms with Crippen molar-refractivity contribution in [2.24, 2.45) is 4.99 Å². The molecule has 0 bridgehead atoms. The predicted molar refractivity (Wildman–Crippen MR) is 93.8 cm³/mol. The van der Waals surface area contributed by atoms with Crippen LogP contribution in [0.3, 0.4) is 0 Å². The number of carbonyl (C=O) groups is 1. The molecule has 126 valence electrons. The first kappa shape index (κ1) is 18.9. The summed E-state index contributed by atoms with van der Waals surface area (Å²) in [6.45, 7) is 11.0. The molecule has 0 aromatic carbocycles. The summed E-state index contributed by atoms with van der Waals surface area (Å²) >= 11 is 0. The van der Waals surface area contributed by atoms with Gasteiger partial charge in [0.15, 0.2) is 12.0 Å². The van der Waals surface area contributed by atoms with Gasteiger partial charge in [-0.3, -0.25) is 9.28 Å². The summed E-state index contributed by atoms with van der Waals surface area (Å²) in [5.41, 5.74) is 0. The van der Waals surface area contributed by atoms with E-state index >= 15 is 0 Å². The van der Waals surface area contributed by atoms with Crippen LogP contribution in [-0.2, 0) is 4.79 Å². The van der Waals surface area contributed by atoms with E-state index in [2.05, 4.69) is 38.2 Å². The number of quaternary nitrogens is 1. The molecule has 0 spiro atoms. The van der Waals surface area contributed by atoms with Gasteiger partial charge in [0.05, 0.1) is 13.1 Å². The summed E-state index contributed by atoms with van der Waals surface area (Å²) in [4.78, 5) is 16.2. The lowest BCUT2D eigenvalue weighted by molar-refractivity contribution is -0.861. The van der Waals surface area contributed by atoms with Gasteiger partial charge in [-0.2, -0.15) is 0 Å². The highest BCUT2D eigenvalue weighted by Crippen LogP contribution is 2.23. The standard InChI is InChI=1S/C18H33N3O/c1-5-7-8-9-10-11-12-13-18-19-14-15-21(18,6-2)16(3)20-17(4)22/h7-8,16H,5-6,9-15H2,1-4H3/p+1/b8-7+. The van der Waals surface area contributed by atoms with Crippen LogP contribution in [0.4, 0.5) is 0 Å². The highest BCUT2D eigenvalue weighted by Gasteiger charge is 2.41. The average Bonchev–Trinajstić information content (AvgIpc) is 2.90. The molecule has 1 aliphatic heterocycles. The third-order valence-electron chi connectivity index (χ3n) is 4.70. The Balaban J connectivity index is 2.46. The van der Waals surface area contributed by atoms with Gasteiger partial charge in [0, 0.05) is 20.3 Å². The zero-order chi connectivity index (χ0) is 16.4. The average molecular weight is 308 g/mol. The number of allylic oxidation sites excluding steroid dienone is 2. The van der Waals surface area contributed by atoms with E-state index in [1.165, 1.54) is 31.5 Å². The first-order chi connectivity index (χ1) is 10.6. The minimum Gasteiger partial charge on any atom is -0.307 e. The molecule has 0 aromatic heterocycles. The van der Waals surface area contributed by atoms with E-state index in [4.69, 9.17) is 4.99 Å². The van der Waals surface area contributed by atoms with Gasteiger partial charge in [-0.05, 0) is 32.6 Å². The maximum Gasteiger partial charge on any atom is 0.221 e. The van der Waals surface area contributed by atoms with E-state index in [0.717, 1.165) is 37.0 Å². The predicted octanol–water partition coefficient (Wildman–Crippen LogP) is 3.63. The second-order valence-electron chi connectivity index (χ2n) is 6.23. The van der Waals surface area contributed by atoms with Gasteiger partial charge in [0.25, 0.3) is 0 Å². The van der Waals surface area contributed by atoms with E-state index in [0.29, 0.717) is 0 Å². The fourth-order valence-electron chi connectivity index (χ4n) is 3.39. The number of amidine groups is 1. The minimum absolute atomic E-state index is 0.0485. The molecule has 2 atom stereocenters. The number of hydrogen-bond donors (Lipinski definition) is 1. The first-order valence-corrected chi connectivity index (χ1v) is 8.89. The molecule has 4 nitrogen and oxygen atoms in total. The lowest BCUT2D eigenvalue weighted by atomic mass is 10.1. The maximum atomic E-state index is 11.4. The third kappa shape index (κ3) is 5.24. The van der Waals surface area contributed by atoms with Crippen LogP contribution in [0.1, 0.15) is 66.2 Å². The lowest BCUT2D eigenvalue weighted by Gasteiger charge is -2.39. The van der Waals surface area contributed by atoms with Crippen molar-refractivity contribution in [1.82, 2.24) is 5.32 Å². The fraction of sp³-hybridized carbons (Fsp3) is 0.778. The smallest absolute Gasteiger partial charge is 0.221 e. The summed E-state index contributed by atoms with van der Waals surface area (Å²) in [6.07, 6.45) is 11.8. The molecule has 1 rings (SSSR count). The molecule has 22 heavy (non-hydrogen) atoms. The number of unbranched alkanes of at least 4 members (excludes halogenated alkanes) is 3. The van der Waals surface area contributed by atoms with Crippen LogP contribution >= 0.6 is 0 Å². The summed E-state index contributed by atoms with van der Waals surface area (Å²) in [6, 6.07) is 0. The topological polar surface area (TPSA) is 41.5 Å². The molecule has 0 fully saturated rings. The third-order valence-corrected chi connectivity index (χ3v) is 4.70. The van der Waals surface area contributed by atoms with E-state index in [9.17, 15) is 4.79 Å². The molecule has 1 heterocycles. The van der Waals surface area contributed by atoms with Crippen molar-refractivity contribution in [3.8, 4) is 0 Å². The van der Waals surface area contributed by atoms with Crippen LogP contribution in [0.25, 0.3) is 0 Å². The van der Waals surface area contributed by atoms with E-state index in [1.807, 2.05) is 0 Å². The molecule has 0 radical (unpaired) electrons. The van der Waals surface area contributed by atoms with E-state index in [-0.39, 0.29) is 12.1 Å². The minimum atomic E-state index is 0.0485. The van der Waals surface area contributed by atoms with Gasteiger partial charge >= 0.3 is 0 Å². The maximum absolute atomic E-state index is 11.4. The Kier molecular flexibility index (Phi) is 8.39. The molecular weight excluding hydrogens is 274 g/mol. The zero-order valence-electron chi connectivity index (χ0n) is 14.9. The fourth-order valence-corrected chi connectivity index (χ4v) is 3.39. The Morgan fingerprint density at radius 2 is 2.09 bits per heavy atom. The number of carbonyl (C=O) groups excluding carboxylic acids is 1. The zero-order valence-corrected chi connectivity index (χ0v) is 14.9. The van der Waals surface area contributed by atoms with Crippen LogP contribution in [0.2, 0.25) is 0 Å². The van der Waals surface area contributed by atoms with E-state index in [1.54, 1.807) is 6.92 Å². The molecule has 0 aliphatic carbocycles. The summed E-state index contributed by atoms with van der Waals surface area (Å²) in [5, 5.41) is 3.07. The van der Waals surface area contributed by atoms with Gasteiger partial charge in [0.2, 0.25) is 5.91 Å². The van der Waals surface area contributed by atoms with Crippen LogP contribution in [0.15, 0.2) is 17.1 Å². The van der Waals surface area contributed by atoms with E-state index < -0.39 is 0 Å². The Morgan fingerprint density at radius 1 is 1.32 bits per heavy atom. The molecule has 0 saturated heterocycles. The SMILES string of the molecule is CC/C=C/CCCCCC1=NCC[N+]1(CC)C(C)NC(C)=O. The number of nitrogens with zero attached hydrogens (tertiary/aromatic N) is 2. The molecular formula is C18H34N3O+. The second kappa shape index (κ2) is 9.78. The van der Waals surface area contributed by atoms with Crippen molar-refractivity contribution in [3.05, 3.63) is 12.2 Å². The largest absolute Gasteiger partial charge is 0.307 e. The number of aliphatic imine (C=N–C) groups is 1. The van der Waals surface area contributed by atoms with Crippen molar-refractivity contribution < 1.29 is 9.28 Å². The van der Waals surface area contributed by atoms with Gasteiger partial charge in [-0.15, -0.1) is 0 Å². The lowest BCUT2D eigenvalue weighted by Crippen LogP contribution is -2.62. The second-order valence-corrected chi connectivity index (χ2v) is 6.23. The van der Waals surface area contributed by atoms with Crippen molar-refractivity contribution in [1.29, 1.82) is 0 Å². The van der Waals surface area contributed by atoms with Gasteiger partial charge in [0.1, 0.15) is 6.54 Å². The number of hydrogen-bond acceptors (Lipinski definition) is 2. The Hall–Kier alpha value is -1.16. The highest BCUT2D eigenvalue weighted by atomic mass is 16.1. The van der Waals surface area contributed by atoms with Crippen molar-refractivity contribution in [3.63, 3.8) is 0 Å². The molecule has 1 amide bonds. The van der Waals surface area contributed by atoms with Crippen molar-refractivity contribution in [2.75, 3.05) is 19.6 Å². The van der Waals surface area contributed by atoms with Gasteiger partial charge < -0.3 is 5.32 Å². The number of amides is 1. The number of rotatable bonds is 10. The molecule has 1 N–H and O–H groups in total.